The van der Waals surface area contributed by atoms with Crippen molar-refractivity contribution in [3.63, 3.8) is 0 Å². The van der Waals surface area contributed by atoms with Gasteiger partial charge in [-0.2, -0.15) is 4.98 Å². The molecule has 0 bridgehead atoms. The molecule has 1 N–H and O–H groups in total. The maximum Gasteiger partial charge on any atom is 0.265 e. The van der Waals surface area contributed by atoms with Crippen LogP contribution in [0.3, 0.4) is 0 Å². The molecule has 102 valence electrons. The van der Waals surface area contributed by atoms with Crippen molar-refractivity contribution in [2.24, 2.45) is 0 Å². The van der Waals surface area contributed by atoms with Crippen molar-refractivity contribution in [3.8, 4) is 5.88 Å². The van der Waals surface area contributed by atoms with Gasteiger partial charge in [0.05, 0.1) is 6.10 Å². The highest BCUT2D eigenvalue weighted by atomic mass is 35.5. The quantitative estimate of drug-likeness (QED) is 0.536. The van der Waals surface area contributed by atoms with E-state index in [2.05, 4.69) is 15.0 Å². The Kier molecular flexibility index (Phi) is 3.96. The molecule has 2 aromatic heterocycles. The number of hydrogen-bond acceptors (Lipinski definition) is 5. The maximum atomic E-state index is 13.9. The van der Waals surface area contributed by atoms with Crippen molar-refractivity contribution in [3.05, 3.63) is 21.3 Å². The average molecular weight is 304 g/mol. The number of rotatable bonds is 3. The third kappa shape index (κ3) is 2.66. The van der Waals surface area contributed by atoms with Crippen LogP contribution in [0.1, 0.15) is 13.8 Å². The van der Waals surface area contributed by atoms with Crippen molar-refractivity contribution in [2.45, 2.75) is 25.1 Å². The maximum absolute atomic E-state index is 13.9. The van der Waals surface area contributed by atoms with E-state index in [1.807, 2.05) is 0 Å². The van der Waals surface area contributed by atoms with Crippen LogP contribution >= 0.6 is 23.4 Å². The van der Waals surface area contributed by atoms with E-state index in [0.29, 0.717) is 5.16 Å². The first-order valence-electron chi connectivity index (χ1n) is 5.43. The van der Waals surface area contributed by atoms with Gasteiger partial charge in [-0.05, 0) is 20.1 Å². The van der Waals surface area contributed by atoms with Gasteiger partial charge in [-0.25, -0.2) is 9.37 Å². The zero-order valence-corrected chi connectivity index (χ0v) is 12.0. The molecule has 0 aromatic carbocycles. The molecule has 0 spiro atoms. The van der Waals surface area contributed by atoms with Crippen LogP contribution in [0.5, 0.6) is 5.88 Å². The monoisotopic (exact) mass is 303 g/mol. The molecule has 0 radical (unpaired) electrons. The first kappa shape index (κ1) is 14.1. The fraction of sp³-hybridized carbons (Fsp3) is 0.364. The molecule has 0 unspecified atom stereocenters. The van der Waals surface area contributed by atoms with Gasteiger partial charge in [0.15, 0.2) is 16.1 Å². The third-order valence-corrected chi connectivity index (χ3v) is 3.07. The van der Waals surface area contributed by atoms with Crippen LogP contribution in [-0.2, 0) is 0 Å². The number of thioether (sulfide) groups is 1. The van der Waals surface area contributed by atoms with Gasteiger partial charge in [-0.1, -0.05) is 23.4 Å². The first-order chi connectivity index (χ1) is 8.93. The Morgan fingerprint density at radius 3 is 2.68 bits per heavy atom. The van der Waals surface area contributed by atoms with Gasteiger partial charge in [0.2, 0.25) is 5.88 Å². The number of aromatic amines is 1. The molecule has 5 nitrogen and oxygen atoms in total. The minimum absolute atomic E-state index is 0.0159. The number of H-pyrrole nitrogens is 1. The zero-order valence-electron chi connectivity index (χ0n) is 10.5. The summed E-state index contributed by atoms with van der Waals surface area (Å²) < 4.78 is 19.3. The van der Waals surface area contributed by atoms with Crippen LogP contribution < -0.4 is 10.3 Å². The standard InChI is InChI=1S/C11H11ClFN3O2S/c1-4(2)18-10-5-7(6(13)8(12)15-10)14-11(19-3)16-9(5)17/h4H,1-3H3,(H,14,16,17). The number of aromatic nitrogens is 3. The van der Waals surface area contributed by atoms with E-state index in [-0.39, 0.29) is 28.0 Å². The van der Waals surface area contributed by atoms with E-state index in [1.54, 1.807) is 20.1 Å². The van der Waals surface area contributed by atoms with Crippen LogP contribution in [0.15, 0.2) is 9.95 Å². The Morgan fingerprint density at radius 2 is 2.11 bits per heavy atom. The third-order valence-electron chi connectivity index (χ3n) is 2.24. The first-order valence-corrected chi connectivity index (χ1v) is 7.04. The molecule has 2 heterocycles. The van der Waals surface area contributed by atoms with Crippen LogP contribution in [0.2, 0.25) is 5.15 Å². The minimum atomic E-state index is -0.825. The second-order valence-corrected chi connectivity index (χ2v) is 5.14. The van der Waals surface area contributed by atoms with Gasteiger partial charge in [0.25, 0.3) is 5.56 Å². The highest BCUT2D eigenvalue weighted by Gasteiger charge is 2.19. The molecule has 2 rings (SSSR count). The molecular formula is C11H11ClFN3O2S. The van der Waals surface area contributed by atoms with Gasteiger partial charge in [0.1, 0.15) is 10.9 Å². The predicted octanol–water partition coefficient (Wildman–Crippen LogP) is 2.62. The van der Waals surface area contributed by atoms with Gasteiger partial charge in [-0.15, -0.1) is 0 Å². The predicted molar refractivity (Wildman–Crippen MR) is 72.7 cm³/mol. The molecule has 0 aliphatic heterocycles. The number of pyridine rings is 1. The van der Waals surface area contributed by atoms with E-state index in [9.17, 15) is 9.18 Å². The summed E-state index contributed by atoms with van der Waals surface area (Å²) >= 11 is 6.89. The molecular weight excluding hydrogens is 293 g/mol. The molecule has 2 aromatic rings. The Bertz CT molecular complexity index is 690. The number of fused-ring (bicyclic) bond motifs is 1. The van der Waals surface area contributed by atoms with Gasteiger partial charge < -0.3 is 9.72 Å². The summed E-state index contributed by atoms with van der Waals surface area (Å²) in [4.78, 5) is 22.3. The summed E-state index contributed by atoms with van der Waals surface area (Å²) in [6.07, 6.45) is 1.49. The van der Waals surface area contributed by atoms with Crippen LogP contribution in [-0.4, -0.2) is 27.3 Å². The van der Waals surface area contributed by atoms with E-state index in [0.717, 1.165) is 0 Å². The lowest BCUT2D eigenvalue weighted by Gasteiger charge is -2.11. The normalized spacial score (nSPS) is 11.3. The smallest absolute Gasteiger partial charge is 0.265 e. The molecule has 0 atom stereocenters. The van der Waals surface area contributed by atoms with Gasteiger partial charge in [0, 0.05) is 0 Å². The van der Waals surface area contributed by atoms with Gasteiger partial charge >= 0.3 is 0 Å². The fourth-order valence-corrected chi connectivity index (χ4v) is 2.05. The zero-order chi connectivity index (χ0) is 14.2. The lowest BCUT2D eigenvalue weighted by atomic mass is 10.3. The summed E-state index contributed by atoms with van der Waals surface area (Å²) in [6, 6.07) is 0. The summed E-state index contributed by atoms with van der Waals surface area (Å²) in [6.45, 7) is 3.53. The van der Waals surface area contributed by atoms with Crippen LogP contribution in [0.25, 0.3) is 10.9 Å². The Morgan fingerprint density at radius 1 is 1.42 bits per heavy atom. The highest BCUT2D eigenvalue weighted by molar-refractivity contribution is 7.98. The average Bonchev–Trinajstić information content (AvgIpc) is 2.34. The molecule has 0 fully saturated rings. The molecule has 0 saturated heterocycles. The molecule has 19 heavy (non-hydrogen) atoms. The second-order valence-electron chi connectivity index (χ2n) is 3.99. The molecule has 0 amide bonds. The van der Waals surface area contributed by atoms with E-state index >= 15 is 0 Å². The van der Waals surface area contributed by atoms with Crippen molar-refractivity contribution < 1.29 is 9.13 Å². The summed E-state index contributed by atoms with van der Waals surface area (Å²) in [5, 5.41) is -0.101. The summed E-state index contributed by atoms with van der Waals surface area (Å²) in [5.41, 5.74) is -0.642. The minimum Gasteiger partial charge on any atom is -0.474 e. The fourth-order valence-electron chi connectivity index (χ4n) is 1.51. The lowest BCUT2D eigenvalue weighted by molar-refractivity contribution is 0.235. The number of nitrogens with zero attached hydrogens (tertiary/aromatic N) is 2. The Hall–Kier alpha value is -1.34. The topological polar surface area (TPSA) is 67.9 Å². The van der Waals surface area contributed by atoms with E-state index < -0.39 is 11.4 Å². The molecule has 0 aliphatic rings. The number of ether oxygens (including phenoxy) is 1. The summed E-state index contributed by atoms with van der Waals surface area (Å²) in [7, 11) is 0. The Labute approximate surface area is 117 Å². The van der Waals surface area contributed by atoms with Crippen molar-refractivity contribution in [1.29, 1.82) is 0 Å². The number of halogens is 2. The van der Waals surface area contributed by atoms with Gasteiger partial charge in [-0.3, -0.25) is 4.79 Å². The van der Waals surface area contributed by atoms with Crippen LogP contribution in [0, 0.1) is 5.82 Å². The SMILES string of the molecule is CSc1nc2c(F)c(Cl)nc(OC(C)C)c2c(=O)[nH]1. The molecule has 8 heteroatoms. The van der Waals surface area contributed by atoms with E-state index in [1.165, 1.54) is 11.8 Å². The van der Waals surface area contributed by atoms with Crippen molar-refractivity contribution in [2.75, 3.05) is 6.26 Å². The number of hydrogen-bond donors (Lipinski definition) is 1. The largest absolute Gasteiger partial charge is 0.474 e. The van der Waals surface area contributed by atoms with Crippen molar-refractivity contribution >= 4 is 34.3 Å². The van der Waals surface area contributed by atoms with E-state index in [4.69, 9.17) is 16.3 Å². The second kappa shape index (κ2) is 5.34. The Balaban J connectivity index is 2.84. The molecule has 0 saturated carbocycles. The molecule has 0 aliphatic carbocycles. The van der Waals surface area contributed by atoms with Crippen LogP contribution in [0.4, 0.5) is 4.39 Å². The summed E-state index contributed by atoms with van der Waals surface area (Å²) in [5.74, 6) is -0.841. The number of nitrogens with one attached hydrogen (secondary N) is 1. The lowest BCUT2D eigenvalue weighted by Crippen LogP contribution is -2.15. The van der Waals surface area contributed by atoms with Crippen molar-refractivity contribution in [1.82, 2.24) is 15.0 Å². The highest BCUT2D eigenvalue weighted by Crippen LogP contribution is 2.27.